The molecule has 4 heteroatoms. The van der Waals surface area contributed by atoms with Crippen LogP contribution in [-0.2, 0) is 9.53 Å². The molecular formula is C28H45O4-. The molecule has 2 aliphatic rings. The molecule has 2 rings (SSSR count). The molecule has 32 heavy (non-hydrogen) atoms. The minimum atomic E-state index is -1.00. The fourth-order valence-corrected chi connectivity index (χ4v) is 4.81. The fourth-order valence-electron chi connectivity index (χ4n) is 4.81. The third kappa shape index (κ3) is 8.10. The quantitative estimate of drug-likeness (QED) is 0.382. The SMILES string of the molecule is C/C(=C\CCC1(C)CCC2=C(O1)C(C)C(C)C=C2)CCCC(C)(O)CCCC(C)C(=O)[O-]. The summed E-state index contributed by atoms with van der Waals surface area (Å²) in [6, 6.07) is 0. The maximum atomic E-state index is 10.8. The van der Waals surface area contributed by atoms with Gasteiger partial charge < -0.3 is 19.7 Å². The maximum Gasteiger partial charge on any atom is 0.106 e. The van der Waals surface area contributed by atoms with Gasteiger partial charge in [0.25, 0.3) is 0 Å². The van der Waals surface area contributed by atoms with Gasteiger partial charge in [-0.25, -0.2) is 0 Å². The van der Waals surface area contributed by atoms with Gasteiger partial charge in [-0.2, -0.15) is 0 Å². The lowest BCUT2D eigenvalue weighted by Crippen LogP contribution is -2.35. The Hall–Kier alpha value is -1.55. The molecule has 0 bridgehead atoms. The number of hydrogen-bond acceptors (Lipinski definition) is 4. The molecule has 1 aliphatic heterocycles. The fraction of sp³-hybridized carbons (Fsp3) is 0.750. The Morgan fingerprint density at radius 3 is 2.75 bits per heavy atom. The number of rotatable bonds is 12. The second-order valence-electron chi connectivity index (χ2n) is 11.0. The highest BCUT2D eigenvalue weighted by Crippen LogP contribution is 2.42. The summed E-state index contributed by atoms with van der Waals surface area (Å²) < 4.78 is 6.56. The molecular weight excluding hydrogens is 400 g/mol. The van der Waals surface area contributed by atoms with Crippen LogP contribution in [0.1, 0.15) is 106 Å². The van der Waals surface area contributed by atoms with E-state index in [9.17, 15) is 15.0 Å². The lowest BCUT2D eigenvalue weighted by Gasteiger charge is -2.41. The van der Waals surface area contributed by atoms with Crippen molar-refractivity contribution in [1.82, 2.24) is 0 Å². The monoisotopic (exact) mass is 445 g/mol. The van der Waals surface area contributed by atoms with Crippen molar-refractivity contribution >= 4 is 5.97 Å². The highest BCUT2D eigenvalue weighted by atomic mass is 16.5. The van der Waals surface area contributed by atoms with Crippen LogP contribution in [0.4, 0.5) is 0 Å². The summed E-state index contributed by atoms with van der Waals surface area (Å²) in [6.07, 6.45) is 15.7. The molecule has 0 saturated carbocycles. The van der Waals surface area contributed by atoms with E-state index in [1.165, 1.54) is 16.9 Å². The van der Waals surface area contributed by atoms with Crippen LogP contribution >= 0.6 is 0 Å². The van der Waals surface area contributed by atoms with Crippen LogP contribution in [0.15, 0.2) is 35.1 Å². The van der Waals surface area contributed by atoms with E-state index in [-0.39, 0.29) is 5.60 Å². The molecule has 1 N–H and O–H groups in total. The smallest absolute Gasteiger partial charge is 0.106 e. The summed E-state index contributed by atoms with van der Waals surface area (Å²) in [6.45, 7) is 12.5. The Labute approximate surface area is 195 Å². The van der Waals surface area contributed by atoms with Gasteiger partial charge in [0.1, 0.15) is 11.4 Å². The van der Waals surface area contributed by atoms with Crippen molar-refractivity contribution in [3.05, 3.63) is 35.1 Å². The molecule has 0 aromatic carbocycles. The van der Waals surface area contributed by atoms with Crippen molar-refractivity contribution in [2.45, 2.75) is 117 Å². The van der Waals surface area contributed by atoms with Gasteiger partial charge in [0.05, 0.1) is 5.60 Å². The topological polar surface area (TPSA) is 69.6 Å². The summed E-state index contributed by atoms with van der Waals surface area (Å²) in [5, 5.41) is 21.4. The Morgan fingerprint density at radius 1 is 1.38 bits per heavy atom. The number of aliphatic carboxylic acids is 1. The van der Waals surface area contributed by atoms with Crippen molar-refractivity contribution in [3.8, 4) is 0 Å². The first-order valence-electron chi connectivity index (χ1n) is 12.6. The zero-order chi connectivity index (χ0) is 23.9. The summed E-state index contributed by atoms with van der Waals surface area (Å²) in [7, 11) is 0. The first-order chi connectivity index (χ1) is 14.9. The van der Waals surface area contributed by atoms with Crippen LogP contribution in [0.2, 0.25) is 0 Å². The Kier molecular flexibility index (Phi) is 9.63. The van der Waals surface area contributed by atoms with Gasteiger partial charge in [-0.05, 0) is 102 Å². The van der Waals surface area contributed by atoms with Crippen LogP contribution in [0.25, 0.3) is 0 Å². The number of aliphatic hydroxyl groups is 1. The third-order valence-corrected chi connectivity index (χ3v) is 7.61. The van der Waals surface area contributed by atoms with Gasteiger partial charge in [0.2, 0.25) is 0 Å². The summed E-state index contributed by atoms with van der Waals surface area (Å²) in [4.78, 5) is 10.8. The highest BCUT2D eigenvalue weighted by Gasteiger charge is 2.36. The number of carbonyl (C=O) groups excluding carboxylic acids is 1. The molecule has 0 amide bonds. The minimum Gasteiger partial charge on any atom is -0.550 e. The van der Waals surface area contributed by atoms with Crippen LogP contribution < -0.4 is 5.11 Å². The molecule has 0 radical (unpaired) electrons. The standard InChI is InChI=1S/C28H46O4/c1-20(10-7-16-27(5,31)17-9-12-22(3)26(29)30)11-8-18-28(6)19-15-24-14-13-21(2)23(4)25(24)32-28/h11,13-14,21-23,31H,7-10,12,15-19H2,1-6H3,(H,29,30)/p-1/b20-11+. The van der Waals surface area contributed by atoms with Gasteiger partial charge in [0.15, 0.2) is 0 Å². The largest absolute Gasteiger partial charge is 0.550 e. The van der Waals surface area contributed by atoms with E-state index >= 15 is 0 Å². The molecule has 0 aromatic heterocycles. The normalized spacial score (nSPS) is 28.7. The molecule has 0 spiro atoms. The van der Waals surface area contributed by atoms with Crippen molar-refractivity contribution in [3.63, 3.8) is 0 Å². The van der Waals surface area contributed by atoms with Crippen molar-refractivity contribution in [2.24, 2.45) is 17.8 Å². The Bertz CT molecular complexity index is 730. The number of hydrogen-bond donors (Lipinski definition) is 1. The van der Waals surface area contributed by atoms with Crippen molar-refractivity contribution in [1.29, 1.82) is 0 Å². The molecule has 0 aromatic rings. The van der Waals surface area contributed by atoms with E-state index in [0.717, 1.165) is 44.9 Å². The van der Waals surface area contributed by atoms with E-state index in [0.29, 0.717) is 31.1 Å². The molecule has 4 nitrogen and oxygen atoms in total. The number of ether oxygens (including phenoxy) is 1. The number of carboxylic acids is 1. The van der Waals surface area contributed by atoms with Gasteiger partial charge in [-0.1, -0.05) is 44.6 Å². The second kappa shape index (κ2) is 11.5. The molecule has 1 aliphatic carbocycles. The van der Waals surface area contributed by atoms with Crippen LogP contribution in [-0.4, -0.2) is 22.3 Å². The summed E-state index contributed by atoms with van der Waals surface area (Å²) in [5.41, 5.74) is 1.94. The highest BCUT2D eigenvalue weighted by molar-refractivity contribution is 5.66. The molecule has 5 atom stereocenters. The second-order valence-corrected chi connectivity index (χ2v) is 11.0. The average Bonchev–Trinajstić information content (AvgIpc) is 2.70. The maximum absolute atomic E-state index is 10.8. The summed E-state index contributed by atoms with van der Waals surface area (Å²) >= 11 is 0. The minimum absolute atomic E-state index is 0.0823. The van der Waals surface area contributed by atoms with E-state index in [2.05, 4.69) is 45.9 Å². The van der Waals surface area contributed by atoms with Crippen LogP contribution in [0.3, 0.4) is 0 Å². The van der Waals surface area contributed by atoms with Crippen molar-refractivity contribution in [2.75, 3.05) is 0 Å². The summed E-state index contributed by atoms with van der Waals surface area (Å²) in [5.74, 6) is 0.757. The Morgan fingerprint density at radius 2 is 2.06 bits per heavy atom. The predicted molar refractivity (Wildman–Crippen MR) is 129 cm³/mol. The van der Waals surface area contributed by atoms with Gasteiger partial charge >= 0.3 is 0 Å². The first kappa shape index (κ1) is 26.7. The molecule has 1 heterocycles. The average molecular weight is 446 g/mol. The zero-order valence-electron chi connectivity index (χ0n) is 21.2. The van der Waals surface area contributed by atoms with Gasteiger partial charge in [-0.15, -0.1) is 0 Å². The van der Waals surface area contributed by atoms with Crippen LogP contribution in [0, 0.1) is 17.8 Å². The number of allylic oxidation sites excluding steroid dienone is 6. The van der Waals surface area contributed by atoms with Crippen molar-refractivity contribution < 1.29 is 19.7 Å². The van der Waals surface area contributed by atoms with E-state index in [4.69, 9.17) is 4.74 Å². The van der Waals surface area contributed by atoms with E-state index in [1.54, 1.807) is 6.92 Å². The number of carbonyl (C=O) groups is 1. The number of carboxylic acid groups (broad SMARTS) is 1. The van der Waals surface area contributed by atoms with Gasteiger partial charge in [-0.3, -0.25) is 0 Å². The van der Waals surface area contributed by atoms with E-state index < -0.39 is 17.5 Å². The molecule has 0 saturated heterocycles. The Balaban J connectivity index is 1.71. The molecule has 5 unspecified atom stereocenters. The first-order valence-corrected chi connectivity index (χ1v) is 12.6. The molecule has 0 fully saturated rings. The zero-order valence-corrected chi connectivity index (χ0v) is 21.2. The molecule has 182 valence electrons. The predicted octanol–water partition coefficient (Wildman–Crippen LogP) is 5.86. The van der Waals surface area contributed by atoms with E-state index in [1.807, 2.05) is 6.92 Å². The lowest BCUT2D eigenvalue weighted by molar-refractivity contribution is -0.311. The van der Waals surface area contributed by atoms with Crippen LogP contribution in [0.5, 0.6) is 0 Å². The lowest BCUT2D eigenvalue weighted by atomic mass is 9.80. The van der Waals surface area contributed by atoms with Gasteiger partial charge in [0, 0.05) is 11.9 Å². The third-order valence-electron chi connectivity index (χ3n) is 7.61.